The molecule has 0 saturated carbocycles. The molecule has 0 radical (unpaired) electrons. The highest BCUT2D eigenvalue weighted by atomic mass is 79.9. The lowest BCUT2D eigenvalue weighted by molar-refractivity contribution is 0.770. The van der Waals surface area contributed by atoms with Gasteiger partial charge in [-0.25, -0.2) is 0 Å². The van der Waals surface area contributed by atoms with Gasteiger partial charge in [0.1, 0.15) is 0 Å². The molecule has 138 valence electrons. The van der Waals surface area contributed by atoms with Crippen LogP contribution in [0.5, 0.6) is 0 Å². The van der Waals surface area contributed by atoms with Crippen molar-refractivity contribution in [3.8, 4) is 0 Å². The quantitative estimate of drug-likeness (QED) is 0.210. The Labute approximate surface area is 186 Å². The summed E-state index contributed by atoms with van der Waals surface area (Å²) in [6.45, 7) is 0. The third-order valence-electron chi connectivity index (χ3n) is 6.18. The third kappa shape index (κ3) is 2.30. The highest BCUT2D eigenvalue weighted by Crippen LogP contribution is 2.56. The maximum Gasteiger partial charge on any atom is 0.0714 e. The molecule has 0 spiro atoms. The second kappa shape index (κ2) is 6.29. The van der Waals surface area contributed by atoms with E-state index in [0.717, 1.165) is 8.95 Å². The molecule has 0 aromatic heterocycles. The van der Waals surface area contributed by atoms with Gasteiger partial charge in [-0.15, -0.1) is 0 Å². The van der Waals surface area contributed by atoms with Crippen LogP contribution in [0.2, 0.25) is 0 Å². The van der Waals surface area contributed by atoms with Crippen LogP contribution in [0.4, 0.5) is 0 Å². The first-order valence-corrected chi connectivity index (χ1v) is 11.3. The lowest BCUT2D eigenvalue weighted by atomic mass is 9.67. The van der Waals surface area contributed by atoms with E-state index in [0.29, 0.717) is 0 Å². The Hall–Kier alpha value is -2.42. The molecule has 1 aliphatic carbocycles. The fourth-order valence-electron chi connectivity index (χ4n) is 5.16. The molecule has 5 aromatic carbocycles. The van der Waals surface area contributed by atoms with E-state index < -0.39 is 0 Å². The Bertz CT molecular complexity index is 1290. The van der Waals surface area contributed by atoms with E-state index in [4.69, 9.17) is 0 Å². The molecule has 0 bridgehead atoms. The first-order valence-electron chi connectivity index (χ1n) is 9.67. The van der Waals surface area contributed by atoms with Crippen LogP contribution < -0.4 is 0 Å². The SMILES string of the molecule is Brc1cc2c3c(ccc4cc(Br)cc(c43)C2(c2ccccc2)c2ccccc2)c1. The van der Waals surface area contributed by atoms with Crippen LogP contribution in [0.15, 0.2) is 106 Å². The van der Waals surface area contributed by atoms with E-state index in [1.54, 1.807) is 0 Å². The van der Waals surface area contributed by atoms with E-state index in [1.807, 2.05) is 0 Å². The van der Waals surface area contributed by atoms with Gasteiger partial charge in [-0.3, -0.25) is 0 Å². The molecular formula is C27H16Br2. The lowest BCUT2D eigenvalue weighted by Gasteiger charge is -2.34. The third-order valence-corrected chi connectivity index (χ3v) is 7.10. The van der Waals surface area contributed by atoms with E-state index in [2.05, 4.69) is 129 Å². The summed E-state index contributed by atoms with van der Waals surface area (Å²) < 4.78 is 2.23. The predicted octanol–water partition coefficient (Wildman–Crippen LogP) is 8.21. The minimum absolute atomic E-state index is 0.351. The Morgan fingerprint density at radius 1 is 0.483 bits per heavy atom. The van der Waals surface area contributed by atoms with Crippen LogP contribution in [0.25, 0.3) is 21.5 Å². The van der Waals surface area contributed by atoms with E-state index >= 15 is 0 Å². The first-order chi connectivity index (χ1) is 14.2. The number of hydrogen-bond donors (Lipinski definition) is 0. The Morgan fingerprint density at radius 3 is 1.31 bits per heavy atom. The fourth-order valence-corrected chi connectivity index (χ4v) is 6.11. The standard InChI is InChI=1S/C27H16Br2/c28-21-13-17-11-12-18-14-22(29)16-24-26(18)25(17)23(15-21)27(24,19-7-3-1-4-8-19)20-9-5-2-6-10-20/h1-16H. The maximum absolute atomic E-state index is 3.79. The van der Waals surface area contributed by atoms with Crippen LogP contribution >= 0.6 is 31.9 Å². The van der Waals surface area contributed by atoms with Crippen molar-refractivity contribution < 1.29 is 0 Å². The molecule has 29 heavy (non-hydrogen) atoms. The molecule has 2 heteroatoms. The Kier molecular flexibility index (Phi) is 3.78. The Morgan fingerprint density at radius 2 is 0.897 bits per heavy atom. The summed E-state index contributed by atoms with van der Waals surface area (Å²) in [6.07, 6.45) is 0. The zero-order valence-corrected chi connectivity index (χ0v) is 18.7. The lowest BCUT2D eigenvalue weighted by Crippen LogP contribution is -2.28. The van der Waals surface area contributed by atoms with Gasteiger partial charge in [-0.1, -0.05) is 105 Å². The normalized spacial score (nSPS) is 14.1. The summed E-state index contributed by atoms with van der Waals surface area (Å²) in [7, 11) is 0. The molecule has 5 aromatic rings. The number of benzene rings is 5. The summed E-state index contributed by atoms with van der Waals surface area (Å²) >= 11 is 7.58. The van der Waals surface area contributed by atoms with Crippen molar-refractivity contribution >= 4 is 53.4 Å². The van der Waals surface area contributed by atoms with Crippen LogP contribution in [0.3, 0.4) is 0 Å². The fraction of sp³-hybridized carbons (Fsp3) is 0.0370. The number of rotatable bonds is 2. The average Bonchev–Trinajstić information content (AvgIpc) is 3.04. The molecule has 0 fully saturated rings. The van der Waals surface area contributed by atoms with Crippen molar-refractivity contribution in [2.24, 2.45) is 0 Å². The monoisotopic (exact) mass is 498 g/mol. The first kappa shape index (κ1) is 17.4. The molecule has 0 saturated heterocycles. The second-order valence-electron chi connectivity index (χ2n) is 7.65. The molecule has 0 unspecified atom stereocenters. The minimum atomic E-state index is -0.351. The molecular weight excluding hydrogens is 484 g/mol. The second-order valence-corrected chi connectivity index (χ2v) is 9.48. The largest absolute Gasteiger partial charge is 0.0714 e. The Balaban J connectivity index is 1.92. The predicted molar refractivity (Wildman–Crippen MR) is 129 cm³/mol. The van der Waals surface area contributed by atoms with Gasteiger partial charge in [-0.2, -0.15) is 0 Å². The van der Waals surface area contributed by atoms with Crippen molar-refractivity contribution in [1.29, 1.82) is 0 Å². The van der Waals surface area contributed by atoms with E-state index in [-0.39, 0.29) is 5.41 Å². The molecule has 6 rings (SSSR count). The highest BCUT2D eigenvalue weighted by molar-refractivity contribution is 9.10. The van der Waals surface area contributed by atoms with Gasteiger partial charge in [0.25, 0.3) is 0 Å². The summed E-state index contributed by atoms with van der Waals surface area (Å²) in [5, 5.41) is 5.28. The summed E-state index contributed by atoms with van der Waals surface area (Å²) in [5.41, 5.74) is 4.93. The molecule has 0 aliphatic heterocycles. The molecule has 0 N–H and O–H groups in total. The van der Waals surface area contributed by atoms with Crippen LogP contribution in [0.1, 0.15) is 22.3 Å². The van der Waals surface area contributed by atoms with Crippen LogP contribution in [-0.2, 0) is 5.41 Å². The molecule has 0 heterocycles. The van der Waals surface area contributed by atoms with E-state index in [1.165, 1.54) is 43.8 Å². The van der Waals surface area contributed by atoms with Gasteiger partial charge < -0.3 is 0 Å². The smallest absolute Gasteiger partial charge is 0.0622 e. The number of halogens is 2. The van der Waals surface area contributed by atoms with Gasteiger partial charge in [-0.05, 0) is 68.1 Å². The molecule has 0 nitrogen and oxygen atoms in total. The van der Waals surface area contributed by atoms with Crippen molar-refractivity contribution in [2.45, 2.75) is 5.41 Å². The van der Waals surface area contributed by atoms with Crippen LogP contribution in [0, 0.1) is 0 Å². The minimum Gasteiger partial charge on any atom is -0.0622 e. The molecule has 1 aliphatic rings. The van der Waals surface area contributed by atoms with Crippen LogP contribution in [-0.4, -0.2) is 0 Å². The van der Waals surface area contributed by atoms with Gasteiger partial charge >= 0.3 is 0 Å². The molecule has 0 atom stereocenters. The zero-order chi connectivity index (χ0) is 19.6. The van der Waals surface area contributed by atoms with Gasteiger partial charge in [0, 0.05) is 8.95 Å². The summed E-state index contributed by atoms with van der Waals surface area (Å²) in [5.74, 6) is 0. The summed E-state index contributed by atoms with van der Waals surface area (Å²) in [6, 6.07) is 35.4. The maximum atomic E-state index is 3.79. The van der Waals surface area contributed by atoms with Gasteiger partial charge in [0.05, 0.1) is 5.41 Å². The zero-order valence-electron chi connectivity index (χ0n) is 15.5. The average molecular weight is 500 g/mol. The molecule has 0 amide bonds. The van der Waals surface area contributed by atoms with Crippen molar-refractivity contribution in [1.82, 2.24) is 0 Å². The van der Waals surface area contributed by atoms with Crippen molar-refractivity contribution in [3.05, 3.63) is 128 Å². The van der Waals surface area contributed by atoms with Crippen molar-refractivity contribution in [2.75, 3.05) is 0 Å². The number of hydrogen-bond acceptors (Lipinski definition) is 0. The highest BCUT2D eigenvalue weighted by Gasteiger charge is 2.45. The topological polar surface area (TPSA) is 0 Å². The van der Waals surface area contributed by atoms with E-state index in [9.17, 15) is 0 Å². The van der Waals surface area contributed by atoms with Gasteiger partial charge in [0.15, 0.2) is 0 Å². The van der Waals surface area contributed by atoms with Crippen molar-refractivity contribution in [3.63, 3.8) is 0 Å². The summed E-state index contributed by atoms with van der Waals surface area (Å²) in [4.78, 5) is 0. The van der Waals surface area contributed by atoms with Gasteiger partial charge in [0.2, 0.25) is 0 Å².